The normalized spacial score (nSPS) is 10.9. The molecule has 2 aromatic carbocycles. The third kappa shape index (κ3) is 4.34. The van der Waals surface area contributed by atoms with Gasteiger partial charge in [0.1, 0.15) is 10.8 Å². The van der Waals surface area contributed by atoms with E-state index >= 15 is 0 Å². The van der Waals surface area contributed by atoms with Gasteiger partial charge in [0, 0.05) is 17.7 Å². The van der Waals surface area contributed by atoms with Crippen LogP contribution in [0.1, 0.15) is 29.8 Å². The van der Waals surface area contributed by atoms with Gasteiger partial charge in [0.2, 0.25) is 5.13 Å². The smallest absolute Gasteiger partial charge is 0.260 e. The van der Waals surface area contributed by atoms with E-state index in [0.717, 1.165) is 16.1 Å². The number of aryl methyl sites for hydroxylation is 1. The first-order chi connectivity index (χ1) is 13.0. The number of benzene rings is 2. The van der Waals surface area contributed by atoms with E-state index in [-0.39, 0.29) is 5.91 Å². The summed E-state index contributed by atoms with van der Waals surface area (Å²) >= 11 is 1.43. The summed E-state index contributed by atoms with van der Waals surface area (Å²) in [5, 5.41) is 10.1. The molecule has 0 aliphatic carbocycles. The van der Waals surface area contributed by atoms with Gasteiger partial charge in [0.25, 0.3) is 5.91 Å². The fraction of sp³-hybridized carbons (Fsp3) is 0.286. The number of nitrogens with zero attached hydrogens (tertiary/aromatic N) is 3. The van der Waals surface area contributed by atoms with Crippen molar-refractivity contribution in [1.82, 2.24) is 10.2 Å². The third-order valence-corrected chi connectivity index (χ3v) is 5.11. The van der Waals surface area contributed by atoms with Crippen LogP contribution in [0.25, 0.3) is 10.6 Å². The molecule has 0 atom stereocenters. The van der Waals surface area contributed by atoms with E-state index in [1.54, 1.807) is 24.1 Å². The number of amides is 1. The molecule has 3 rings (SSSR count). The maximum atomic E-state index is 13.2. The predicted molar refractivity (Wildman–Crippen MR) is 110 cm³/mol. The fourth-order valence-corrected chi connectivity index (χ4v) is 3.71. The second-order valence-corrected chi connectivity index (χ2v) is 7.70. The van der Waals surface area contributed by atoms with E-state index in [0.29, 0.717) is 28.9 Å². The quantitative estimate of drug-likeness (QED) is 0.614. The Morgan fingerprint density at radius 3 is 2.63 bits per heavy atom. The Kier molecular flexibility index (Phi) is 5.86. The average Bonchev–Trinajstić information content (AvgIpc) is 3.15. The standard InChI is InChI=1S/C21H23N3O2S/c1-14(2)13-24(20(25)16-9-7-10-17(12-16)26-4)21-23-22-19(27-21)18-11-6-5-8-15(18)3/h5-12,14H,13H2,1-4H3. The Bertz CT molecular complexity index is 936. The van der Waals surface area contributed by atoms with Gasteiger partial charge < -0.3 is 4.74 Å². The van der Waals surface area contributed by atoms with Gasteiger partial charge in [-0.15, -0.1) is 10.2 Å². The maximum absolute atomic E-state index is 13.2. The Morgan fingerprint density at radius 2 is 1.93 bits per heavy atom. The lowest BCUT2D eigenvalue weighted by Gasteiger charge is -2.21. The maximum Gasteiger partial charge on any atom is 0.260 e. The SMILES string of the molecule is COc1cccc(C(=O)N(CC(C)C)c2nnc(-c3ccccc3C)s2)c1. The van der Waals surface area contributed by atoms with Crippen molar-refractivity contribution >= 4 is 22.4 Å². The molecule has 1 amide bonds. The number of carbonyl (C=O) groups excluding carboxylic acids is 1. The average molecular weight is 382 g/mol. The van der Waals surface area contributed by atoms with Crippen molar-refractivity contribution in [1.29, 1.82) is 0 Å². The highest BCUT2D eigenvalue weighted by atomic mass is 32.1. The fourth-order valence-electron chi connectivity index (χ4n) is 2.77. The summed E-state index contributed by atoms with van der Waals surface area (Å²) in [6, 6.07) is 15.2. The van der Waals surface area contributed by atoms with Crippen molar-refractivity contribution < 1.29 is 9.53 Å². The lowest BCUT2D eigenvalue weighted by molar-refractivity contribution is 0.0983. The van der Waals surface area contributed by atoms with Gasteiger partial charge in [-0.25, -0.2) is 0 Å². The van der Waals surface area contributed by atoms with Crippen molar-refractivity contribution in [3.05, 3.63) is 59.7 Å². The van der Waals surface area contributed by atoms with Crippen LogP contribution in [0.5, 0.6) is 5.75 Å². The van der Waals surface area contributed by atoms with Crippen LogP contribution >= 0.6 is 11.3 Å². The summed E-state index contributed by atoms with van der Waals surface area (Å²) in [4.78, 5) is 14.9. The van der Waals surface area contributed by atoms with Gasteiger partial charge in [-0.2, -0.15) is 0 Å². The van der Waals surface area contributed by atoms with Crippen molar-refractivity contribution in [2.24, 2.45) is 5.92 Å². The number of rotatable bonds is 6. The molecule has 0 unspecified atom stereocenters. The Hall–Kier alpha value is -2.73. The second-order valence-electron chi connectivity index (χ2n) is 6.75. The second kappa shape index (κ2) is 8.31. The van der Waals surface area contributed by atoms with E-state index in [1.165, 1.54) is 11.3 Å². The van der Waals surface area contributed by atoms with Crippen LogP contribution in [-0.4, -0.2) is 29.8 Å². The number of ether oxygens (including phenoxy) is 1. The minimum Gasteiger partial charge on any atom is -0.497 e. The topological polar surface area (TPSA) is 55.3 Å². The molecule has 0 N–H and O–H groups in total. The zero-order valence-electron chi connectivity index (χ0n) is 16.0. The highest BCUT2D eigenvalue weighted by molar-refractivity contribution is 7.18. The third-order valence-electron chi connectivity index (χ3n) is 4.13. The van der Waals surface area contributed by atoms with E-state index in [2.05, 4.69) is 24.0 Å². The van der Waals surface area contributed by atoms with Crippen LogP contribution in [0.15, 0.2) is 48.5 Å². The predicted octanol–water partition coefficient (Wildman–Crippen LogP) is 4.82. The highest BCUT2D eigenvalue weighted by Gasteiger charge is 2.23. The van der Waals surface area contributed by atoms with Crippen molar-refractivity contribution in [3.8, 4) is 16.3 Å². The van der Waals surface area contributed by atoms with Crippen LogP contribution in [0.4, 0.5) is 5.13 Å². The molecule has 0 saturated heterocycles. The first-order valence-corrected chi connectivity index (χ1v) is 9.66. The summed E-state index contributed by atoms with van der Waals surface area (Å²) < 4.78 is 5.25. The van der Waals surface area contributed by atoms with Crippen molar-refractivity contribution in [2.75, 3.05) is 18.6 Å². The number of carbonyl (C=O) groups is 1. The first-order valence-electron chi connectivity index (χ1n) is 8.85. The first kappa shape index (κ1) is 19.0. The molecule has 0 aliphatic heterocycles. The van der Waals surface area contributed by atoms with E-state index in [4.69, 9.17) is 4.74 Å². The zero-order chi connectivity index (χ0) is 19.4. The molecule has 0 radical (unpaired) electrons. The number of methoxy groups -OCH3 is 1. The molecule has 140 valence electrons. The Labute approximate surface area is 163 Å². The van der Waals surface area contributed by atoms with Crippen molar-refractivity contribution in [2.45, 2.75) is 20.8 Å². The Morgan fingerprint density at radius 1 is 1.15 bits per heavy atom. The molecule has 0 aliphatic rings. The van der Waals surface area contributed by atoms with E-state index < -0.39 is 0 Å². The monoisotopic (exact) mass is 381 g/mol. The number of aromatic nitrogens is 2. The molecule has 5 nitrogen and oxygen atoms in total. The van der Waals surface area contributed by atoms with Crippen LogP contribution in [0.3, 0.4) is 0 Å². The Balaban J connectivity index is 1.96. The molecular weight excluding hydrogens is 358 g/mol. The molecule has 6 heteroatoms. The lowest BCUT2D eigenvalue weighted by Crippen LogP contribution is -2.34. The van der Waals surface area contributed by atoms with Gasteiger partial charge in [0.05, 0.1) is 7.11 Å². The summed E-state index contributed by atoms with van der Waals surface area (Å²) in [6.07, 6.45) is 0. The van der Waals surface area contributed by atoms with Crippen molar-refractivity contribution in [3.63, 3.8) is 0 Å². The molecular formula is C21H23N3O2S. The molecule has 1 aromatic heterocycles. The summed E-state index contributed by atoms with van der Waals surface area (Å²) in [5.41, 5.74) is 2.75. The van der Waals surface area contributed by atoms with Gasteiger partial charge in [-0.1, -0.05) is 55.5 Å². The molecule has 0 fully saturated rings. The number of hydrogen-bond donors (Lipinski definition) is 0. The van der Waals surface area contributed by atoms with Gasteiger partial charge in [0.15, 0.2) is 0 Å². The van der Waals surface area contributed by atoms with Crippen LogP contribution < -0.4 is 9.64 Å². The van der Waals surface area contributed by atoms with Gasteiger partial charge in [-0.05, 0) is 36.6 Å². The zero-order valence-corrected chi connectivity index (χ0v) is 16.8. The van der Waals surface area contributed by atoms with Gasteiger partial charge in [-0.3, -0.25) is 9.69 Å². The number of anilines is 1. The summed E-state index contributed by atoms with van der Waals surface area (Å²) in [6.45, 7) is 6.77. The molecule has 0 saturated carbocycles. The lowest BCUT2D eigenvalue weighted by atomic mass is 10.1. The molecule has 1 heterocycles. The van der Waals surface area contributed by atoms with E-state index in [9.17, 15) is 4.79 Å². The van der Waals surface area contributed by atoms with Crippen LogP contribution in [-0.2, 0) is 0 Å². The molecule has 3 aromatic rings. The van der Waals surface area contributed by atoms with Crippen LogP contribution in [0.2, 0.25) is 0 Å². The number of hydrogen-bond acceptors (Lipinski definition) is 5. The molecule has 27 heavy (non-hydrogen) atoms. The van der Waals surface area contributed by atoms with Crippen LogP contribution in [0, 0.1) is 12.8 Å². The summed E-state index contributed by atoms with van der Waals surface area (Å²) in [5.74, 6) is 0.851. The largest absolute Gasteiger partial charge is 0.497 e. The minimum atomic E-state index is -0.102. The molecule has 0 spiro atoms. The minimum absolute atomic E-state index is 0.102. The van der Waals surface area contributed by atoms with E-state index in [1.807, 2.05) is 43.3 Å². The van der Waals surface area contributed by atoms with Gasteiger partial charge >= 0.3 is 0 Å². The highest BCUT2D eigenvalue weighted by Crippen LogP contribution is 2.32. The molecule has 0 bridgehead atoms. The summed E-state index contributed by atoms with van der Waals surface area (Å²) in [7, 11) is 1.59.